The summed E-state index contributed by atoms with van der Waals surface area (Å²) in [5, 5.41) is 10.5. The van der Waals surface area contributed by atoms with Gasteiger partial charge in [-0.1, -0.05) is 0 Å². The molecule has 5 aromatic rings. The number of likely N-dealkylation sites (N-methyl/N-ethyl adjacent to an activating group) is 1. The van der Waals surface area contributed by atoms with Crippen molar-refractivity contribution in [1.29, 1.82) is 0 Å². The highest BCUT2D eigenvalue weighted by molar-refractivity contribution is 6.05. The number of nitrogens with zero attached hydrogens (tertiary/aromatic N) is 6. The van der Waals surface area contributed by atoms with Crippen LogP contribution in [0.25, 0.3) is 16.6 Å². The van der Waals surface area contributed by atoms with Gasteiger partial charge in [-0.25, -0.2) is 23.9 Å². The van der Waals surface area contributed by atoms with Crippen molar-refractivity contribution in [1.82, 2.24) is 29.5 Å². The molecule has 1 unspecified atom stereocenters. The van der Waals surface area contributed by atoms with Gasteiger partial charge in [0, 0.05) is 43.3 Å². The van der Waals surface area contributed by atoms with E-state index in [4.69, 9.17) is 14.2 Å². The number of methoxy groups -OCH3 is 2. The van der Waals surface area contributed by atoms with E-state index in [9.17, 15) is 14.0 Å². The average molecular weight is 613 g/mol. The van der Waals surface area contributed by atoms with Crippen LogP contribution in [0.3, 0.4) is 0 Å². The molecule has 2 amide bonds. The second-order valence-corrected chi connectivity index (χ2v) is 10.3. The molecule has 2 aromatic carbocycles. The Balaban J connectivity index is 1.28. The van der Waals surface area contributed by atoms with Gasteiger partial charge in [0.15, 0.2) is 11.5 Å². The number of nitrogens with one attached hydrogen (secondary N) is 2. The molecule has 0 radical (unpaired) electrons. The largest absolute Gasteiger partial charge is 0.494 e. The predicted molar refractivity (Wildman–Crippen MR) is 164 cm³/mol. The molecule has 0 bridgehead atoms. The second-order valence-electron chi connectivity index (χ2n) is 10.3. The fraction of sp³-hybridized carbons (Fsp3) is 0.226. The van der Waals surface area contributed by atoms with E-state index in [1.807, 2.05) is 13.0 Å². The van der Waals surface area contributed by atoms with Crippen molar-refractivity contribution in [2.24, 2.45) is 0 Å². The van der Waals surface area contributed by atoms with Crippen LogP contribution in [-0.2, 0) is 9.59 Å². The maximum atomic E-state index is 14.9. The summed E-state index contributed by atoms with van der Waals surface area (Å²) in [6.07, 6.45) is 6.51. The normalized spacial score (nSPS) is 15.0. The summed E-state index contributed by atoms with van der Waals surface area (Å²) in [5.74, 6) is 0.256. The van der Waals surface area contributed by atoms with Crippen LogP contribution in [0.15, 0.2) is 67.2 Å². The zero-order valence-corrected chi connectivity index (χ0v) is 24.9. The Hall–Kier alpha value is -5.79. The lowest BCUT2D eigenvalue weighted by Gasteiger charge is -2.17. The summed E-state index contributed by atoms with van der Waals surface area (Å²) in [4.78, 5) is 39.0. The van der Waals surface area contributed by atoms with E-state index >= 15 is 0 Å². The molecule has 1 aliphatic rings. The van der Waals surface area contributed by atoms with Crippen molar-refractivity contribution >= 4 is 45.6 Å². The number of aromatic nitrogens is 5. The molecule has 230 valence electrons. The highest BCUT2D eigenvalue weighted by Crippen LogP contribution is 2.39. The minimum absolute atomic E-state index is 0.0974. The molecule has 1 fully saturated rings. The minimum atomic E-state index is -1.00. The number of carbonyl (C=O) groups excluding carboxylic acids is 2. The maximum absolute atomic E-state index is 14.9. The third kappa shape index (κ3) is 5.89. The molecule has 14 heteroatoms. The van der Waals surface area contributed by atoms with Gasteiger partial charge in [0.05, 0.1) is 37.2 Å². The zero-order chi connectivity index (χ0) is 31.7. The van der Waals surface area contributed by atoms with E-state index in [-0.39, 0.29) is 17.3 Å². The number of aryl methyl sites for hydroxylation is 1. The number of hydrogen-bond donors (Lipinski definition) is 2. The van der Waals surface area contributed by atoms with Crippen LogP contribution in [0.2, 0.25) is 0 Å². The van der Waals surface area contributed by atoms with E-state index in [0.717, 1.165) is 11.6 Å². The molecule has 0 spiro atoms. The van der Waals surface area contributed by atoms with Crippen LogP contribution in [0, 0.1) is 6.92 Å². The third-order valence-electron chi connectivity index (χ3n) is 7.54. The summed E-state index contributed by atoms with van der Waals surface area (Å²) in [5.41, 5.74) is 2.79. The molecule has 1 aliphatic heterocycles. The van der Waals surface area contributed by atoms with E-state index in [1.54, 1.807) is 55.2 Å². The molecule has 2 N–H and O–H groups in total. The number of amides is 2. The van der Waals surface area contributed by atoms with Crippen LogP contribution in [0.5, 0.6) is 23.0 Å². The number of rotatable bonds is 9. The van der Waals surface area contributed by atoms with Gasteiger partial charge in [0.2, 0.25) is 5.91 Å². The van der Waals surface area contributed by atoms with Crippen LogP contribution < -0.4 is 24.8 Å². The Bertz CT molecular complexity index is 1980. The van der Waals surface area contributed by atoms with Crippen LogP contribution in [0.4, 0.5) is 21.6 Å². The number of hydrogen-bond acceptors (Lipinski definition) is 10. The van der Waals surface area contributed by atoms with Crippen molar-refractivity contribution < 1.29 is 28.2 Å². The van der Waals surface area contributed by atoms with Crippen molar-refractivity contribution in [3.8, 4) is 23.0 Å². The quantitative estimate of drug-likeness (QED) is 0.219. The van der Waals surface area contributed by atoms with Crippen LogP contribution >= 0.6 is 0 Å². The lowest BCUT2D eigenvalue weighted by Crippen LogP contribution is -2.27. The molecule has 45 heavy (non-hydrogen) atoms. The van der Waals surface area contributed by atoms with E-state index in [1.165, 1.54) is 24.7 Å². The van der Waals surface area contributed by atoms with Crippen molar-refractivity contribution in [3.05, 3.63) is 72.7 Å². The van der Waals surface area contributed by atoms with E-state index in [0.29, 0.717) is 58.1 Å². The molecule has 1 atom stereocenters. The first-order valence-corrected chi connectivity index (χ1v) is 13.9. The number of halogens is 1. The van der Waals surface area contributed by atoms with Crippen molar-refractivity contribution in [2.45, 2.75) is 25.8 Å². The van der Waals surface area contributed by atoms with Gasteiger partial charge in [0.25, 0.3) is 5.91 Å². The lowest BCUT2D eigenvalue weighted by atomic mass is 10.1. The average Bonchev–Trinajstić information content (AvgIpc) is 3.63. The van der Waals surface area contributed by atoms with Gasteiger partial charge >= 0.3 is 0 Å². The molecular formula is C31H29FN8O5. The molecule has 6 rings (SSSR count). The van der Waals surface area contributed by atoms with Gasteiger partial charge in [-0.2, -0.15) is 5.10 Å². The molecule has 4 heterocycles. The fourth-order valence-electron chi connectivity index (χ4n) is 5.06. The fourth-order valence-corrected chi connectivity index (χ4v) is 5.06. The second kappa shape index (κ2) is 12.1. The van der Waals surface area contributed by atoms with Crippen molar-refractivity contribution in [3.63, 3.8) is 0 Å². The summed E-state index contributed by atoms with van der Waals surface area (Å²) >= 11 is 0. The van der Waals surface area contributed by atoms with Gasteiger partial charge in [-0.3, -0.25) is 9.59 Å². The Morgan fingerprint density at radius 1 is 1.02 bits per heavy atom. The number of benzene rings is 2. The minimum Gasteiger partial charge on any atom is -0.494 e. The van der Waals surface area contributed by atoms with Crippen LogP contribution in [0.1, 0.15) is 18.4 Å². The van der Waals surface area contributed by atoms with Gasteiger partial charge in [-0.05, 0) is 43.2 Å². The molecule has 13 nitrogen and oxygen atoms in total. The standard InChI is InChI=1S/C31H29FN8O5/c1-17-9-23(27(44-4)14-25(17)45-19-7-8-40-28(11-19)34-16-36-40)37-30-20-12-24(26(43-3)13-22(20)33-15-35-30)38-31(42)21(32)10-18-5-6-29(41)39(18)2/h7-16,18H,5-6H2,1-4H3,(H,38,42)(H,33,35,37). The Morgan fingerprint density at radius 3 is 2.58 bits per heavy atom. The summed E-state index contributed by atoms with van der Waals surface area (Å²) in [6, 6.07) is 9.91. The first kappa shape index (κ1) is 29.3. The Morgan fingerprint density at radius 2 is 1.82 bits per heavy atom. The summed E-state index contributed by atoms with van der Waals surface area (Å²) in [7, 11) is 4.56. The Kier molecular flexibility index (Phi) is 7.86. The highest BCUT2D eigenvalue weighted by atomic mass is 19.1. The van der Waals surface area contributed by atoms with Crippen molar-refractivity contribution in [2.75, 3.05) is 31.9 Å². The van der Waals surface area contributed by atoms with Gasteiger partial charge in [0.1, 0.15) is 41.5 Å². The lowest BCUT2D eigenvalue weighted by molar-refractivity contribution is -0.127. The first-order valence-electron chi connectivity index (χ1n) is 13.9. The van der Waals surface area contributed by atoms with E-state index in [2.05, 4.69) is 30.7 Å². The molecule has 0 aliphatic carbocycles. The predicted octanol–water partition coefficient (Wildman–Crippen LogP) is 4.95. The number of anilines is 3. The molecular weight excluding hydrogens is 583 g/mol. The molecule has 0 saturated carbocycles. The summed E-state index contributed by atoms with van der Waals surface area (Å²) < 4.78 is 33.8. The monoisotopic (exact) mass is 612 g/mol. The van der Waals surface area contributed by atoms with Gasteiger partial charge in [-0.15, -0.1) is 0 Å². The van der Waals surface area contributed by atoms with Gasteiger partial charge < -0.3 is 29.7 Å². The van der Waals surface area contributed by atoms with Crippen LogP contribution in [-0.4, -0.2) is 68.6 Å². The number of ether oxygens (including phenoxy) is 3. The molecule has 3 aromatic heterocycles. The highest BCUT2D eigenvalue weighted by Gasteiger charge is 2.27. The topological polar surface area (TPSA) is 145 Å². The summed E-state index contributed by atoms with van der Waals surface area (Å²) in [6.45, 7) is 1.90. The van der Waals surface area contributed by atoms with E-state index < -0.39 is 17.8 Å². The number of fused-ring (bicyclic) bond motifs is 2. The zero-order valence-electron chi connectivity index (χ0n) is 24.9. The smallest absolute Gasteiger partial charge is 0.284 e. The number of likely N-dealkylation sites (tertiary alicyclic amines) is 1. The Labute approximate surface area is 256 Å². The SMILES string of the molecule is COc1cc2ncnc(Nc3cc(C)c(Oc4ccn5ncnc5c4)cc3OC)c2cc1NC(=O)C(F)=CC1CCC(=O)N1C. The molecule has 1 saturated heterocycles. The maximum Gasteiger partial charge on any atom is 0.284 e. The third-order valence-corrected chi connectivity index (χ3v) is 7.54. The number of carbonyl (C=O) groups is 2. The number of pyridine rings is 1. The first-order chi connectivity index (χ1) is 21.7.